The zero-order valence-electron chi connectivity index (χ0n) is 11.6. The average molecular weight is 377 g/mol. The quantitative estimate of drug-likeness (QED) is 0.310. The van der Waals surface area contributed by atoms with Gasteiger partial charge in [0.15, 0.2) is 0 Å². The molecule has 0 saturated carbocycles. The topological polar surface area (TPSA) is 78.9 Å². The van der Waals surface area contributed by atoms with Crippen molar-refractivity contribution in [2.75, 3.05) is 13.0 Å². The molecule has 1 aromatic rings. The van der Waals surface area contributed by atoms with E-state index < -0.39 is 23.8 Å². The predicted octanol–water partition coefficient (Wildman–Crippen LogP) is 3.92. The van der Waals surface area contributed by atoms with Crippen LogP contribution in [-0.4, -0.2) is 27.5 Å². The summed E-state index contributed by atoms with van der Waals surface area (Å²) in [5.74, 6) is 0. The summed E-state index contributed by atoms with van der Waals surface area (Å²) < 4.78 is 45.5. The second-order valence-electron chi connectivity index (χ2n) is 4.49. The predicted molar refractivity (Wildman–Crippen MR) is 80.4 cm³/mol. The molecule has 0 aliphatic rings. The molecule has 1 aromatic carbocycles. The Morgan fingerprint density at radius 1 is 1.24 bits per heavy atom. The average Bonchev–Trinajstić information content (AvgIpc) is 2.34. The molecule has 0 saturated heterocycles. The maximum atomic E-state index is 12.1. The molecule has 1 unspecified atom stereocenters. The molecule has 1 rings (SSSR count). The monoisotopic (exact) mass is 376 g/mol. The van der Waals surface area contributed by atoms with Crippen LogP contribution in [0.25, 0.3) is 0 Å². The summed E-state index contributed by atoms with van der Waals surface area (Å²) in [6, 6.07) is 4.20. The lowest BCUT2D eigenvalue weighted by molar-refractivity contribution is -0.234. The molecule has 0 aliphatic heterocycles. The van der Waals surface area contributed by atoms with Gasteiger partial charge in [-0.05, 0) is 26.0 Å². The highest BCUT2D eigenvalue weighted by Gasteiger charge is 2.28. The van der Waals surface area contributed by atoms with E-state index in [-0.39, 0.29) is 21.0 Å². The van der Waals surface area contributed by atoms with Gasteiger partial charge in [0.05, 0.1) is 16.1 Å². The van der Waals surface area contributed by atoms with Crippen LogP contribution < -0.4 is 0 Å². The minimum atomic E-state index is -4.27. The fraction of sp³-hybridized carbons (Fsp3) is 0.455. The molecule has 0 amide bonds. The van der Waals surface area contributed by atoms with Gasteiger partial charge in [0.25, 0.3) is 17.5 Å². The molecule has 0 aliphatic carbocycles. The molecule has 0 spiro atoms. The normalized spacial score (nSPS) is 15.1. The van der Waals surface area contributed by atoms with Crippen molar-refractivity contribution in [2.45, 2.75) is 24.8 Å². The first-order valence-corrected chi connectivity index (χ1v) is 10.2. The molecule has 10 heteroatoms. The van der Waals surface area contributed by atoms with Crippen LogP contribution >= 0.6 is 30.6 Å². The van der Waals surface area contributed by atoms with E-state index in [9.17, 15) is 13.0 Å². The van der Waals surface area contributed by atoms with Crippen molar-refractivity contribution in [3.05, 3.63) is 28.2 Å². The summed E-state index contributed by atoms with van der Waals surface area (Å²) in [7, 11) is -7.67. The van der Waals surface area contributed by atoms with E-state index in [4.69, 9.17) is 32.3 Å². The minimum Gasteiger partial charge on any atom is -0.288 e. The molecule has 120 valence electrons. The van der Waals surface area contributed by atoms with Crippen LogP contribution in [0.1, 0.15) is 13.8 Å². The van der Waals surface area contributed by atoms with Crippen molar-refractivity contribution in [1.82, 2.24) is 0 Å². The van der Waals surface area contributed by atoms with Crippen LogP contribution in [-0.2, 0) is 28.4 Å². The van der Waals surface area contributed by atoms with E-state index in [0.29, 0.717) is 0 Å². The van der Waals surface area contributed by atoms with Gasteiger partial charge in [-0.2, -0.15) is 13.1 Å². The largest absolute Gasteiger partial charge is 0.300 e. The van der Waals surface area contributed by atoms with Crippen LogP contribution in [0.4, 0.5) is 0 Å². The third-order valence-corrected chi connectivity index (χ3v) is 5.40. The SMILES string of the molecule is CC(C)OOP(C)(=O)COS(=O)(=O)c1c(Cl)cccc1Cl. The molecule has 0 bridgehead atoms. The number of rotatable bonds is 7. The molecule has 6 nitrogen and oxygen atoms in total. The van der Waals surface area contributed by atoms with Crippen molar-refractivity contribution in [3.63, 3.8) is 0 Å². The van der Waals surface area contributed by atoms with Gasteiger partial charge < -0.3 is 0 Å². The smallest absolute Gasteiger partial charge is 0.288 e. The summed E-state index contributed by atoms with van der Waals surface area (Å²) in [5.41, 5.74) is 0. The molecule has 0 N–H and O–H groups in total. The van der Waals surface area contributed by atoms with Gasteiger partial charge in [-0.25, -0.2) is 4.89 Å². The Hall–Kier alpha value is -0.140. The lowest BCUT2D eigenvalue weighted by Gasteiger charge is -2.15. The van der Waals surface area contributed by atoms with Gasteiger partial charge in [0.2, 0.25) is 0 Å². The lowest BCUT2D eigenvalue weighted by atomic mass is 10.4. The minimum absolute atomic E-state index is 0.0900. The van der Waals surface area contributed by atoms with Gasteiger partial charge in [0.1, 0.15) is 11.2 Å². The highest BCUT2D eigenvalue weighted by atomic mass is 35.5. The summed E-state index contributed by atoms with van der Waals surface area (Å²) in [6.07, 6.45) is -1.02. The molecule has 21 heavy (non-hydrogen) atoms. The van der Waals surface area contributed by atoms with Crippen molar-refractivity contribution < 1.29 is 26.7 Å². The van der Waals surface area contributed by atoms with Crippen LogP contribution in [0.2, 0.25) is 10.0 Å². The zero-order chi connectivity index (χ0) is 16.3. The van der Waals surface area contributed by atoms with Crippen molar-refractivity contribution >= 4 is 40.7 Å². The summed E-state index contributed by atoms with van der Waals surface area (Å²) in [6.45, 7) is 4.53. The summed E-state index contributed by atoms with van der Waals surface area (Å²) in [4.78, 5) is 4.36. The Morgan fingerprint density at radius 3 is 2.24 bits per heavy atom. The number of halogens is 2. The number of hydrogen-bond donors (Lipinski definition) is 0. The molecule has 1 atom stereocenters. The molecule has 0 aromatic heterocycles. The van der Waals surface area contributed by atoms with E-state index in [1.54, 1.807) is 13.8 Å². The molecular weight excluding hydrogens is 362 g/mol. The highest BCUT2D eigenvalue weighted by molar-refractivity contribution is 7.87. The first kappa shape index (κ1) is 18.9. The third-order valence-electron chi connectivity index (χ3n) is 2.00. The maximum absolute atomic E-state index is 12.1. The first-order valence-electron chi connectivity index (χ1n) is 5.80. The van der Waals surface area contributed by atoms with Gasteiger partial charge >= 0.3 is 0 Å². The standard InChI is InChI=1S/C11H15Cl2O6PS/c1-8(2)18-19-20(3,14)7-17-21(15,16)11-9(12)5-4-6-10(11)13/h4-6,8H,7H2,1-3H3. The van der Waals surface area contributed by atoms with Gasteiger partial charge in [-0.3, -0.25) is 8.75 Å². The van der Waals surface area contributed by atoms with E-state index in [0.717, 1.165) is 0 Å². The zero-order valence-corrected chi connectivity index (χ0v) is 14.8. The van der Waals surface area contributed by atoms with E-state index in [1.807, 2.05) is 0 Å². The van der Waals surface area contributed by atoms with Crippen LogP contribution in [0.5, 0.6) is 0 Å². The van der Waals surface area contributed by atoms with Crippen LogP contribution in [0.15, 0.2) is 23.1 Å². The Kier molecular flexibility index (Phi) is 6.68. The molecule has 0 fully saturated rings. The van der Waals surface area contributed by atoms with Gasteiger partial charge in [0, 0.05) is 6.66 Å². The van der Waals surface area contributed by atoms with Crippen molar-refractivity contribution in [1.29, 1.82) is 0 Å². The Balaban J connectivity index is 2.85. The number of benzene rings is 1. The first-order chi connectivity index (χ1) is 9.55. The summed E-state index contributed by atoms with van der Waals surface area (Å²) >= 11 is 11.6. The lowest BCUT2D eigenvalue weighted by Crippen LogP contribution is -2.11. The van der Waals surface area contributed by atoms with Gasteiger partial charge in [-0.1, -0.05) is 29.3 Å². The second kappa shape index (κ2) is 7.42. The highest BCUT2D eigenvalue weighted by Crippen LogP contribution is 2.44. The fourth-order valence-corrected chi connectivity index (χ4v) is 4.56. The Labute approximate surface area is 133 Å². The number of hydrogen-bond acceptors (Lipinski definition) is 6. The Morgan fingerprint density at radius 2 is 1.76 bits per heavy atom. The van der Waals surface area contributed by atoms with Crippen LogP contribution in [0.3, 0.4) is 0 Å². The van der Waals surface area contributed by atoms with Gasteiger partial charge in [-0.15, -0.1) is 0 Å². The van der Waals surface area contributed by atoms with Crippen molar-refractivity contribution in [3.8, 4) is 0 Å². The van der Waals surface area contributed by atoms with Crippen molar-refractivity contribution in [2.24, 2.45) is 0 Å². The molecule has 0 radical (unpaired) electrons. The van der Waals surface area contributed by atoms with E-state index >= 15 is 0 Å². The van der Waals surface area contributed by atoms with E-state index in [2.05, 4.69) is 4.67 Å². The second-order valence-corrected chi connectivity index (χ2v) is 9.29. The fourth-order valence-electron chi connectivity index (χ4n) is 1.14. The molecule has 0 heterocycles. The maximum Gasteiger partial charge on any atom is 0.300 e. The molecular formula is C11H15Cl2O6PS. The Bertz CT molecular complexity index is 626. The van der Waals surface area contributed by atoms with E-state index in [1.165, 1.54) is 24.9 Å². The third kappa shape index (κ3) is 5.87. The summed E-state index contributed by atoms with van der Waals surface area (Å²) in [5, 5.41) is -0.180. The van der Waals surface area contributed by atoms with Crippen LogP contribution in [0, 0.1) is 0 Å².